The largest absolute Gasteiger partial charge is 0.444 e. The van der Waals surface area contributed by atoms with Gasteiger partial charge < -0.3 is 21.1 Å². The van der Waals surface area contributed by atoms with Crippen LogP contribution in [0.1, 0.15) is 76.5 Å². The van der Waals surface area contributed by atoms with Crippen LogP contribution in [0.15, 0.2) is 30.8 Å². The van der Waals surface area contributed by atoms with E-state index >= 15 is 0 Å². The lowest BCUT2D eigenvalue weighted by Gasteiger charge is -2.32. The van der Waals surface area contributed by atoms with Crippen molar-refractivity contribution < 1.29 is 23.9 Å². The third-order valence-electron chi connectivity index (χ3n) is 5.69. The lowest BCUT2D eigenvalue weighted by molar-refractivity contribution is -0.139. The normalized spacial score (nSPS) is 15.5. The summed E-state index contributed by atoms with van der Waals surface area (Å²) in [6, 6.07) is 6.53. The smallest absolute Gasteiger partial charge is 0.408 e. The van der Waals surface area contributed by atoms with Gasteiger partial charge in [-0.1, -0.05) is 56.5 Å². The highest BCUT2D eigenvalue weighted by Crippen LogP contribution is 2.25. The number of carbonyl (C=O) groups is 4. The van der Waals surface area contributed by atoms with E-state index in [4.69, 9.17) is 16.9 Å². The number of amides is 4. The Bertz CT molecular complexity index is 1020. The fourth-order valence-electron chi connectivity index (χ4n) is 4.09. The van der Waals surface area contributed by atoms with Crippen molar-refractivity contribution in [3.8, 4) is 12.5 Å². The van der Waals surface area contributed by atoms with Crippen molar-refractivity contribution in [2.75, 3.05) is 0 Å². The first-order chi connectivity index (χ1) is 16.9. The lowest BCUT2D eigenvalue weighted by atomic mass is 9.94. The van der Waals surface area contributed by atoms with E-state index in [1.807, 2.05) is 0 Å². The molecule has 0 radical (unpaired) electrons. The van der Waals surface area contributed by atoms with Crippen molar-refractivity contribution in [1.29, 1.82) is 0 Å². The summed E-state index contributed by atoms with van der Waals surface area (Å²) in [4.78, 5) is 52.1. The SMILES string of the molecule is C#CN(C(=O)C(CC(N)=O)NC(=O)OC(C)(C)C)C(C(=O)NC1CCCCC1)c1cccc(C=C)c1. The van der Waals surface area contributed by atoms with Crippen LogP contribution in [0.4, 0.5) is 4.79 Å². The molecule has 0 heterocycles. The average Bonchev–Trinajstić information content (AvgIpc) is 2.80. The van der Waals surface area contributed by atoms with Crippen LogP contribution in [-0.2, 0) is 19.1 Å². The minimum Gasteiger partial charge on any atom is -0.444 e. The number of terminal acetylenes is 1. The Morgan fingerprint density at radius 3 is 2.47 bits per heavy atom. The van der Waals surface area contributed by atoms with Crippen molar-refractivity contribution >= 4 is 29.9 Å². The molecule has 4 amide bonds. The van der Waals surface area contributed by atoms with E-state index in [1.54, 1.807) is 51.1 Å². The second-order valence-electron chi connectivity index (χ2n) is 9.83. The Morgan fingerprint density at radius 1 is 1.25 bits per heavy atom. The topological polar surface area (TPSA) is 131 Å². The van der Waals surface area contributed by atoms with Crippen molar-refractivity contribution in [1.82, 2.24) is 15.5 Å². The summed E-state index contributed by atoms with van der Waals surface area (Å²) in [5.74, 6) is -2.13. The molecular weight excluding hydrogens is 460 g/mol. The average molecular weight is 497 g/mol. The van der Waals surface area contributed by atoms with E-state index in [9.17, 15) is 19.2 Å². The fraction of sp³-hybridized carbons (Fsp3) is 0.481. The fourth-order valence-corrected chi connectivity index (χ4v) is 4.09. The van der Waals surface area contributed by atoms with Crippen LogP contribution in [0.25, 0.3) is 6.08 Å². The lowest BCUT2D eigenvalue weighted by Crippen LogP contribution is -2.53. The van der Waals surface area contributed by atoms with Gasteiger partial charge in [0.1, 0.15) is 17.7 Å². The van der Waals surface area contributed by atoms with Gasteiger partial charge in [-0.05, 0) is 50.8 Å². The summed E-state index contributed by atoms with van der Waals surface area (Å²) in [5.41, 5.74) is 5.69. The molecular formula is C27H36N4O5. The molecule has 4 N–H and O–H groups in total. The Labute approximate surface area is 212 Å². The van der Waals surface area contributed by atoms with Crippen molar-refractivity contribution in [3.63, 3.8) is 0 Å². The minimum absolute atomic E-state index is 0.0348. The molecule has 1 fully saturated rings. The molecule has 1 aromatic carbocycles. The Hall–Kier alpha value is -3.80. The number of alkyl carbamates (subject to hydrolysis) is 1. The number of nitrogens with zero attached hydrogens (tertiary/aromatic N) is 1. The van der Waals surface area contributed by atoms with E-state index in [2.05, 4.69) is 23.3 Å². The molecule has 1 aliphatic carbocycles. The summed E-state index contributed by atoms with van der Waals surface area (Å²) in [5, 5.41) is 5.39. The van der Waals surface area contributed by atoms with Crippen molar-refractivity contribution in [3.05, 3.63) is 42.0 Å². The van der Waals surface area contributed by atoms with Crippen LogP contribution in [0.2, 0.25) is 0 Å². The molecule has 0 saturated heterocycles. The molecule has 0 spiro atoms. The van der Waals surface area contributed by atoms with Gasteiger partial charge in [-0.3, -0.25) is 19.3 Å². The highest BCUT2D eigenvalue weighted by molar-refractivity contribution is 5.95. The molecule has 2 atom stereocenters. The first-order valence-electron chi connectivity index (χ1n) is 12.0. The van der Waals surface area contributed by atoms with Crippen molar-refractivity contribution in [2.45, 2.75) is 83.0 Å². The van der Waals surface area contributed by atoms with Gasteiger partial charge in [0.05, 0.1) is 6.42 Å². The summed E-state index contributed by atoms with van der Waals surface area (Å²) in [6.45, 7) is 8.73. The zero-order chi connectivity index (χ0) is 26.9. The van der Waals surface area contributed by atoms with Crippen LogP contribution < -0.4 is 16.4 Å². The first-order valence-corrected chi connectivity index (χ1v) is 12.0. The number of benzene rings is 1. The summed E-state index contributed by atoms with van der Waals surface area (Å²) in [7, 11) is 0. The zero-order valence-corrected chi connectivity index (χ0v) is 21.2. The number of primary amides is 1. The molecule has 194 valence electrons. The molecule has 1 saturated carbocycles. The first kappa shape index (κ1) is 28.4. The maximum atomic E-state index is 13.6. The van der Waals surface area contributed by atoms with Crippen molar-refractivity contribution in [2.24, 2.45) is 5.73 Å². The number of hydrogen-bond donors (Lipinski definition) is 3. The van der Waals surface area contributed by atoms with Crippen LogP contribution in [-0.4, -0.2) is 46.4 Å². The number of rotatable bonds is 9. The third-order valence-corrected chi connectivity index (χ3v) is 5.69. The third kappa shape index (κ3) is 8.45. The van der Waals surface area contributed by atoms with Crippen LogP contribution in [0.3, 0.4) is 0 Å². The van der Waals surface area contributed by atoms with Gasteiger partial charge in [0.15, 0.2) is 0 Å². The van der Waals surface area contributed by atoms with E-state index in [-0.39, 0.29) is 6.04 Å². The molecule has 0 aliphatic heterocycles. The highest BCUT2D eigenvalue weighted by Gasteiger charge is 2.37. The summed E-state index contributed by atoms with van der Waals surface area (Å²) in [6.07, 6.45) is 10.7. The van der Waals surface area contributed by atoms with Gasteiger partial charge in [-0.2, -0.15) is 0 Å². The Kier molecular flexibility index (Phi) is 10.1. The second kappa shape index (κ2) is 12.8. The molecule has 1 aliphatic rings. The van der Waals surface area contributed by atoms with Gasteiger partial charge in [0.25, 0.3) is 5.91 Å². The van der Waals surface area contributed by atoms with E-state index in [0.29, 0.717) is 5.56 Å². The molecule has 0 bridgehead atoms. The monoisotopic (exact) mass is 496 g/mol. The second-order valence-corrected chi connectivity index (χ2v) is 9.83. The van der Waals surface area contributed by atoms with E-state index in [1.165, 1.54) is 0 Å². The zero-order valence-electron chi connectivity index (χ0n) is 21.2. The highest BCUT2D eigenvalue weighted by atomic mass is 16.6. The van der Waals surface area contributed by atoms with Gasteiger partial charge >= 0.3 is 6.09 Å². The summed E-state index contributed by atoms with van der Waals surface area (Å²) >= 11 is 0. The Morgan fingerprint density at radius 2 is 1.92 bits per heavy atom. The molecule has 2 rings (SSSR count). The quantitative estimate of drug-likeness (QED) is 0.357. The molecule has 2 unspecified atom stereocenters. The number of hydrogen-bond acceptors (Lipinski definition) is 5. The van der Waals surface area contributed by atoms with Crippen LogP contribution >= 0.6 is 0 Å². The van der Waals surface area contributed by atoms with Gasteiger partial charge in [0.2, 0.25) is 11.8 Å². The van der Waals surface area contributed by atoms with Gasteiger partial charge in [-0.15, -0.1) is 0 Å². The predicted molar refractivity (Wildman–Crippen MR) is 137 cm³/mol. The van der Waals surface area contributed by atoms with Crippen LogP contribution in [0.5, 0.6) is 0 Å². The molecule has 1 aromatic rings. The van der Waals surface area contributed by atoms with Crippen LogP contribution in [0, 0.1) is 12.5 Å². The summed E-state index contributed by atoms with van der Waals surface area (Å²) < 4.78 is 5.22. The maximum Gasteiger partial charge on any atom is 0.408 e. The Balaban J connectivity index is 2.42. The number of nitrogens with one attached hydrogen (secondary N) is 2. The number of nitrogens with two attached hydrogens (primary N) is 1. The van der Waals surface area contributed by atoms with Gasteiger partial charge in [-0.25, -0.2) is 4.79 Å². The molecule has 36 heavy (non-hydrogen) atoms. The number of carbonyl (C=O) groups excluding carboxylic acids is 4. The molecule has 9 nitrogen and oxygen atoms in total. The minimum atomic E-state index is -1.43. The standard InChI is InChI=1S/C27H36N4O5/c1-6-18-12-11-13-19(16-18)23(24(33)29-20-14-9-8-10-15-20)31(7-2)25(34)21(17-22(28)32)30-26(35)36-27(3,4)5/h2,6,11-13,16,20-21,23H,1,8-10,14-15,17H2,3-5H3,(H2,28,32)(H,29,33)(H,30,35). The predicted octanol–water partition coefficient (Wildman–Crippen LogP) is 3.01. The molecule has 0 aromatic heterocycles. The van der Waals surface area contributed by atoms with Gasteiger partial charge in [0, 0.05) is 12.1 Å². The van der Waals surface area contributed by atoms with E-state index < -0.39 is 47.9 Å². The number of ether oxygens (including phenoxy) is 1. The maximum absolute atomic E-state index is 13.6. The molecule has 9 heteroatoms. The van der Waals surface area contributed by atoms with E-state index in [0.717, 1.165) is 42.6 Å².